The molecule has 0 bridgehead atoms. The van der Waals surface area contributed by atoms with E-state index in [2.05, 4.69) is 5.32 Å². The summed E-state index contributed by atoms with van der Waals surface area (Å²) in [5, 5.41) is 11.1. The number of carbonyl (C=O) groups is 2. The van der Waals surface area contributed by atoms with Crippen LogP contribution in [0.3, 0.4) is 0 Å². The van der Waals surface area contributed by atoms with Gasteiger partial charge >= 0.3 is 18.2 Å². The number of urea groups is 1. The van der Waals surface area contributed by atoms with Crippen LogP contribution in [0.2, 0.25) is 0 Å². The van der Waals surface area contributed by atoms with Gasteiger partial charge in [-0.05, 0) is 25.2 Å². The molecule has 0 radical (unpaired) electrons. The molecule has 1 aromatic rings. The third kappa shape index (κ3) is 6.07. The van der Waals surface area contributed by atoms with E-state index in [1.165, 1.54) is 9.80 Å². The normalized spacial score (nSPS) is 17.9. The van der Waals surface area contributed by atoms with Gasteiger partial charge < -0.3 is 20.1 Å². The summed E-state index contributed by atoms with van der Waals surface area (Å²) < 4.78 is 57.1. The number of carboxylic acids is 1. The Morgan fingerprint density at radius 2 is 2.11 bits per heavy atom. The Bertz CT molecular complexity index is 699. The number of benzene rings is 1. The number of halogens is 4. The van der Waals surface area contributed by atoms with Gasteiger partial charge in [-0.2, -0.15) is 13.2 Å². The lowest BCUT2D eigenvalue weighted by molar-refractivity contribution is -0.140. The van der Waals surface area contributed by atoms with Crippen molar-refractivity contribution in [1.29, 1.82) is 0 Å². The molecule has 7 nitrogen and oxygen atoms in total. The number of nitrogens with zero attached hydrogens (tertiary/aromatic N) is 2. The van der Waals surface area contributed by atoms with Crippen LogP contribution >= 0.6 is 0 Å². The molecular formula is C16H19F4N3O4. The van der Waals surface area contributed by atoms with Gasteiger partial charge in [0.1, 0.15) is 5.82 Å². The van der Waals surface area contributed by atoms with Gasteiger partial charge in [-0.15, -0.1) is 0 Å². The third-order valence-electron chi connectivity index (χ3n) is 3.87. The van der Waals surface area contributed by atoms with Gasteiger partial charge in [0.2, 0.25) is 0 Å². The van der Waals surface area contributed by atoms with E-state index in [-0.39, 0.29) is 38.5 Å². The van der Waals surface area contributed by atoms with Crippen LogP contribution in [0.4, 0.5) is 28.0 Å². The highest BCUT2D eigenvalue weighted by atomic mass is 19.4. The van der Waals surface area contributed by atoms with E-state index >= 15 is 0 Å². The molecular weight excluding hydrogens is 374 g/mol. The summed E-state index contributed by atoms with van der Waals surface area (Å²) in [6.07, 6.45) is -5.31. The number of hydrogen-bond donors (Lipinski definition) is 2. The Hall–Kier alpha value is -2.40. The summed E-state index contributed by atoms with van der Waals surface area (Å²) in [5.74, 6) is -2.42. The average molecular weight is 393 g/mol. The zero-order chi connectivity index (χ0) is 20.2. The first-order valence-corrected chi connectivity index (χ1v) is 8.01. The van der Waals surface area contributed by atoms with Gasteiger partial charge in [0, 0.05) is 25.3 Å². The summed E-state index contributed by atoms with van der Waals surface area (Å²) >= 11 is 0. The summed E-state index contributed by atoms with van der Waals surface area (Å²) in [4.78, 5) is 25.8. The fourth-order valence-corrected chi connectivity index (χ4v) is 2.68. The lowest BCUT2D eigenvalue weighted by Crippen LogP contribution is -2.50. The van der Waals surface area contributed by atoms with Gasteiger partial charge in [-0.3, -0.25) is 9.69 Å². The fourth-order valence-electron chi connectivity index (χ4n) is 2.68. The molecule has 0 aliphatic carbocycles. The molecule has 1 aliphatic rings. The molecule has 1 heterocycles. The Balaban J connectivity index is 1.98. The van der Waals surface area contributed by atoms with Crippen LogP contribution in [-0.4, -0.2) is 72.8 Å². The number of aliphatic carboxylic acids is 1. The molecule has 1 saturated heterocycles. The number of hydrogen-bond acceptors (Lipinski definition) is 4. The average Bonchev–Trinajstić information content (AvgIpc) is 2.55. The quantitative estimate of drug-likeness (QED) is 0.749. The zero-order valence-corrected chi connectivity index (χ0v) is 14.4. The minimum absolute atomic E-state index is 0.142. The largest absolute Gasteiger partial charge is 0.480 e. The Kier molecular flexibility index (Phi) is 6.60. The lowest BCUT2D eigenvalue weighted by Gasteiger charge is -2.34. The van der Waals surface area contributed by atoms with E-state index in [4.69, 9.17) is 9.84 Å². The number of carbonyl (C=O) groups excluding carboxylic acids is 1. The van der Waals surface area contributed by atoms with Crippen LogP contribution in [0.15, 0.2) is 18.2 Å². The van der Waals surface area contributed by atoms with E-state index in [9.17, 15) is 27.2 Å². The van der Waals surface area contributed by atoms with Crippen molar-refractivity contribution in [3.05, 3.63) is 29.6 Å². The third-order valence-corrected chi connectivity index (χ3v) is 3.87. The highest BCUT2D eigenvalue weighted by Crippen LogP contribution is 2.33. The van der Waals surface area contributed by atoms with E-state index in [0.29, 0.717) is 12.1 Å². The van der Waals surface area contributed by atoms with Crippen molar-refractivity contribution in [2.45, 2.75) is 12.3 Å². The predicted molar refractivity (Wildman–Crippen MR) is 86.9 cm³/mol. The summed E-state index contributed by atoms with van der Waals surface area (Å²) in [6.45, 7) is 0.643. The predicted octanol–water partition coefficient (Wildman–Crippen LogP) is 2.09. The van der Waals surface area contributed by atoms with Crippen molar-refractivity contribution in [3.8, 4) is 0 Å². The van der Waals surface area contributed by atoms with Crippen molar-refractivity contribution in [1.82, 2.24) is 9.80 Å². The fraction of sp³-hybridized carbons (Fsp3) is 0.500. The Labute approximate surface area is 152 Å². The topological polar surface area (TPSA) is 82.1 Å². The molecule has 2 amide bonds. The molecule has 2 N–H and O–H groups in total. The molecule has 1 atom stereocenters. The SMILES string of the molecule is CN(CC(=O)O)CC1CN(C(=O)Nc2ccc(F)c(C(F)(F)F)c2)CCO1. The first kappa shape index (κ1) is 20.9. The van der Waals surface area contributed by atoms with E-state index in [1.807, 2.05) is 0 Å². The number of rotatable bonds is 5. The van der Waals surface area contributed by atoms with E-state index in [1.54, 1.807) is 7.05 Å². The lowest BCUT2D eigenvalue weighted by atomic mass is 10.2. The molecule has 0 spiro atoms. The van der Waals surface area contributed by atoms with Crippen molar-refractivity contribution in [2.24, 2.45) is 0 Å². The Morgan fingerprint density at radius 3 is 2.74 bits per heavy atom. The van der Waals surface area contributed by atoms with Gasteiger partial charge in [0.05, 0.1) is 24.8 Å². The smallest absolute Gasteiger partial charge is 0.419 e. The molecule has 1 fully saturated rings. The number of morpholine rings is 1. The molecule has 0 aromatic heterocycles. The minimum Gasteiger partial charge on any atom is -0.480 e. The van der Waals surface area contributed by atoms with Crippen molar-refractivity contribution >= 4 is 17.7 Å². The molecule has 0 saturated carbocycles. The number of anilines is 1. The molecule has 1 unspecified atom stereocenters. The van der Waals surface area contributed by atoms with Gasteiger partial charge in [0.15, 0.2) is 0 Å². The maximum Gasteiger partial charge on any atom is 0.419 e. The second-order valence-electron chi connectivity index (χ2n) is 6.15. The van der Waals surface area contributed by atoms with E-state index in [0.717, 1.165) is 6.07 Å². The van der Waals surface area contributed by atoms with Crippen LogP contribution in [-0.2, 0) is 15.7 Å². The van der Waals surface area contributed by atoms with Gasteiger partial charge in [-0.1, -0.05) is 0 Å². The summed E-state index contributed by atoms with van der Waals surface area (Å²) in [5.41, 5.74) is -1.64. The van der Waals surface area contributed by atoms with Gasteiger partial charge in [-0.25, -0.2) is 9.18 Å². The molecule has 2 rings (SSSR count). The van der Waals surface area contributed by atoms with Crippen LogP contribution in [0, 0.1) is 5.82 Å². The zero-order valence-electron chi connectivity index (χ0n) is 14.4. The summed E-state index contributed by atoms with van der Waals surface area (Å²) in [6, 6.07) is 1.57. The number of nitrogens with one attached hydrogen (secondary N) is 1. The van der Waals surface area contributed by atoms with Crippen LogP contribution in [0.25, 0.3) is 0 Å². The second-order valence-corrected chi connectivity index (χ2v) is 6.15. The number of carboxylic acid groups (broad SMARTS) is 1. The number of likely N-dealkylation sites (N-methyl/N-ethyl adjacent to an activating group) is 1. The number of alkyl halides is 3. The minimum atomic E-state index is -4.87. The first-order chi connectivity index (χ1) is 12.6. The first-order valence-electron chi connectivity index (χ1n) is 8.01. The van der Waals surface area contributed by atoms with Crippen LogP contribution in [0.1, 0.15) is 5.56 Å². The van der Waals surface area contributed by atoms with Crippen molar-refractivity contribution < 1.29 is 37.0 Å². The standard InChI is InChI=1S/C16H19F4N3O4/c1-22(9-14(24)25)7-11-8-23(4-5-27-11)15(26)21-10-2-3-13(17)12(6-10)16(18,19)20/h2-3,6,11H,4-5,7-9H2,1H3,(H,21,26)(H,24,25). The number of amides is 2. The monoisotopic (exact) mass is 393 g/mol. The van der Waals surface area contributed by atoms with Crippen molar-refractivity contribution in [3.63, 3.8) is 0 Å². The second kappa shape index (κ2) is 8.53. The Morgan fingerprint density at radius 1 is 1.41 bits per heavy atom. The highest BCUT2D eigenvalue weighted by molar-refractivity contribution is 5.89. The van der Waals surface area contributed by atoms with Crippen LogP contribution < -0.4 is 5.32 Å². The summed E-state index contributed by atoms with van der Waals surface area (Å²) in [7, 11) is 1.59. The molecule has 27 heavy (non-hydrogen) atoms. The van der Waals surface area contributed by atoms with Gasteiger partial charge in [0.25, 0.3) is 0 Å². The van der Waals surface area contributed by atoms with Crippen LogP contribution in [0.5, 0.6) is 0 Å². The maximum atomic E-state index is 13.3. The highest BCUT2D eigenvalue weighted by Gasteiger charge is 2.34. The maximum absolute atomic E-state index is 13.3. The van der Waals surface area contributed by atoms with E-state index < -0.39 is 35.7 Å². The molecule has 1 aromatic carbocycles. The number of ether oxygens (including phenoxy) is 1. The molecule has 11 heteroatoms. The molecule has 150 valence electrons. The molecule has 1 aliphatic heterocycles. The van der Waals surface area contributed by atoms with Crippen molar-refractivity contribution in [2.75, 3.05) is 45.2 Å².